The van der Waals surface area contributed by atoms with Crippen LogP contribution in [0.1, 0.15) is 21.9 Å². The molecule has 2 aromatic rings. The van der Waals surface area contributed by atoms with E-state index in [2.05, 4.69) is 0 Å². The average Bonchev–Trinajstić information content (AvgIpc) is 2.73. The summed E-state index contributed by atoms with van der Waals surface area (Å²) < 4.78 is 32.9. The third kappa shape index (κ3) is 2.81. The van der Waals surface area contributed by atoms with Crippen LogP contribution in [0, 0.1) is 18.6 Å². The third-order valence-electron chi connectivity index (χ3n) is 2.75. The van der Waals surface area contributed by atoms with E-state index in [1.54, 1.807) is 26.1 Å². The molecule has 5 heteroatoms. The van der Waals surface area contributed by atoms with Crippen LogP contribution in [0.5, 0.6) is 0 Å². The Bertz CT molecular complexity index is 584. The Labute approximate surface area is 109 Å². The number of carbonyl (C=O) groups excluding carboxylic acids is 1. The molecule has 2 rings (SSSR count). The van der Waals surface area contributed by atoms with E-state index in [9.17, 15) is 13.6 Å². The number of rotatable bonds is 4. The van der Waals surface area contributed by atoms with E-state index in [4.69, 9.17) is 4.42 Å². The van der Waals surface area contributed by atoms with E-state index in [1.807, 2.05) is 0 Å². The summed E-state index contributed by atoms with van der Waals surface area (Å²) in [6.45, 7) is 2.03. The van der Waals surface area contributed by atoms with Gasteiger partial charge >= 0.3 is 0 Å². The second kappa shape index (κ2) is 5.22. The molecule has 0 saturated carbocycles. The molecule has 1 aromatic heterocycles. The maximum atomic E-state index is 13.8. The first-order chi connectivity index (χ1) is 9.01. The summed E-state index contributed by atoms with van der Waals surface area (Å²) in [6, 6.07) is 5.55. The highest BCUT2D eigenvalue weighted by molar-refractivity contribution is 5.76. The third-order valence-corrected chi connectivity index (χ3v) is 2.75. The van der Waals surface area contributed by atoms with Crippen molar-refractivity contribution in [3.05, 3.63) is 53.0 Å². The van der Waals surface area contributed by atoms with Gasteiger partial charge in [-0.1, -0.05) is 0 Å². The van der Waals surface area contributed by atoms with Gasteiger partial charge in [-0.3, -0.25) is 4.79 Å². The van der Waals surface area contributed by atoms with E-state index >= 15 is 0 Å². The first-order valence-electron chi connectivity index (χ1n) is 5.72. The number of hydrogen-bond donors (Lipinski definition) is 0. The summed E-state index contributed by atoms with van der Waals surface area (Å²) >= 11 is 0. The molecule has 0 bridgehead atoms. The number of aldehydes is 1. The first-order valence-corrected chi connectivity index (χ1v) is 5.72. The number of carbonyl (C=O) groups is 1. The van der Waals surface area contributed by atoms with Crippen LogP contribution >= 0.6 is 0 Å². The van der Waals surface area contributed by atoms with E-state index in [-0.39, 0.29) is 17.8 Å². The van der Waals surface area contributed by atoms with Crippen molar-refractivity contribution < 1.29 is 18.0 Å². The second-order valence-corrected chi connectivity index (χ2v) is 4.32. The van der Waals surface area contributed by atoms with Crippen LogP contribution in [0.4, 0.5) is 14.5 Å². The Morgan fingerprint density at radius 1 is 1.26 bits per heavy atom. The Kier molecular flexibility index (Phi) is 3.64. The van der Waals surface area contributed by atoms with Gasteiger partial charge in [-0.25, -0.2) is 8.78 Å². The molecule has 0 spiro atoms. The molecule has 0 fully saturated rings. The molecular formula is C14H13F2NO2. The van der Waals surface area contributed by atoms with Gasteiger partial charge in [0.1, 0.15) is 35.1 Å². The Hall–Kier alpha value is -2.17. The predicted molar refractivity (Wildman–Crippen MR) is 67.3 cm³/mol. The number of anilines is 1. The first kappa shape index (κ1) is 13.3. The molecule has 1 heterocycles. The minimum Gasteiger partial charge on any atom is -0.464 e. The molecule has 0 atom stereocenters. The van der Waals surface area contributed by atoms with Gasteiger partial charge < -0.3 is 9.32 Å². The summed E-state index contributed by atoms with van der Waals surface area (Å²) in [4.78, 5) is 11.9. The van der Waals surface area contributed by atoms with Crippen molar-refractivity contribution in [3.8, 4) is 0 Å². The van der Waals surface area contributed by atoms with Crippen molar-refractivity contribution in [2.24, 2.45) is 0 Å². The molecule has 0 radical (unpaired) electrons. The molecule has 0 aliphatic rings. The molecule has 19 heavy (non-hydrogen) atoms. The topological polar surface area (TPSA) is 33.5 Å². The van der Waals surface area contributed by atoms with Gasteiger partial charge in [-0.2, -0.15) is 0 Å². The summed E-state index contributed by atoms with van der Waals surface area (Å²) in [5.41, 5.74) is -0.208. The van der Waals surface area contributed by atoms with Crippen molar-refractivity contribution in [2.75, 3.05) is 11.9 Å². The smallest absolute Gasteiger partial charge is 0.150 e. The van der Waals surface area contributed by atoms with Gasteiger partial charge in [0.05, 0.1) is 6.54 Å². The van der Waals surface area contributed by atoms with Crippen molar-refractivity contribution >= 4 is 12.0 Å². The molecule has 0 aliphatic carbocycles. The Morgan fingerprint density at radius 3 is 2.37 bits per heavy atom. The number of nitrogens with zero attached hydrogens (tertiary/aromatic N) is 1. The lowest BCUT2D eigenvalue weighted by Gasteiger charge is -2.19. The zero-order valence-corrected chi connectivity index (χ0v) is 10.6. The molecule has 0 saturated heterocycles. The van der Waals surface area contributed by atoms with Gasteiger partial charge in [0.25, 0.3) is 0 Å². The van der Waals surface area contributed by atoms with E-state index in [1.165, 1.54) is 4.90 Å². The highest BCUT2D eigenvalue weighted by atomic mass is 19.1. The fourth-order valence-corrected chi connectivity index (χ4v) is 1.90. The van der Waals surface area contributed by atoms with Crippen LogP contribution in [-0.4, -0.2) is 13.3 Å². The monoisotopic (exact) mass is 265 g/mol. The normalized spacial score (nSPS) is 10.5. The van der Waals surface area contributed by atoms with E-state index < -0.39 is 11.6 Å². The van der Waals surface area contributed by atoms with Crippen LogP contribution in [0.2, 0.25) is 0 Å². The van der Waals surface area contributed by atoms with Crippen LogP contribution in [0.25, 0.3) is 0 Å². The number of benzene rings is 1. The molecule has 3 nitrogen and oxygen atoms in total. The van der Waals surface area contributed by atoms with Crippen molar-refractivity contribution in [1.29, 1.82) is 0 Å². The number of hydrogen-bond acceptors (Lipinski definition) is 3. The molecule has 100 valence electrons. The lowest BCUT2D eigenvalue weighted by atomic mass is 10.2. The van der Waals surface area contributed by atoms with Gasteiger partial charge in [0, 0.05) is 12.6 Å². The van der Waals surface area contributed by atoms with Crippen molar-refractivity contribution in [1.82, 2.24) is 0 Å². The maximum absolute atomic E-state index is 13.8. The Morgan fingerprint density at radius 2 is 1.89 bits per heavy atom. The standard InChI is InChI=1S/C14H13F2NO2/c1-9-3-4-11(19-9)7-17(2)14-12(15)5-10(8-18)6-13(14)16/h3-6,8H,7H2,1-2H3. The van der Waals surface area contributed by atoms with Gasteiger partial charge in [-0.05, 0) is 31.2 Å². The Balaban J connectivity index is 2.28. The molecular weight excluding hydrogens is 252 g/mol. The summed E-state index contributed by atoms with van der Waals surface area (Å²) in [5.74, 6) is -0.195. The van der Waals surface area contributed by atoms with Crippen LogP contribution < -0.4 is 4.90 Å². The SMILES string of the molecule is Cc1ccc(CN(C)c2c(F)cc(C=O)cc2F)o1. The number of halogens is 2. The minimum absolute atomic E-state index is 0.0269. The molecule has 0 aliphatic heterocycles. The predicted octanol–water partition coefficient (Wildman–Crippen LogP) is 3.32. The molecule has 0 amide bonds. The zero-order chi connectivity index (χ0) is 14.0. The van der Waals surface area contributed by atoms with Crippen molar-refractivity contribution in [3.63, 3.8) is 0 Å². The summed E-state index contributed by atoms with van der Waals surface area (Å²) in [6.07, 6.45) is 0.409. The largest absolute Gasteiger partial charge is 0.464 e. The van der Waals surface area contributed by atoms with Crippen LogP contribution in [-0.2, 0) is 6.54 Å². The lowest BCUT2D eigenvalue weighted by molar-refractivity contribution is 0.112. The highest BCUT2D eigenvalue weighted by Gasteiger charge is 2.16. The second-order valence-electron chi connectivity index (χ2n) is 4.32. The van der Waals surface area contributed by atoms with Crippen LogP contribution in [0.15, 0.2) is 28.7 Å². The van der Waals surface area contributed by atoms with Crippen LogP contribution in [0.3, 0.4) is 0 Å². The summed E-state index contributed by atoms with van der Waals surface area (Å²) in [5, 5.41) is 0. The van der Waals surface area contributed by atoms with Crippen molar-refractivity contribution in [2.45, 2.75) is 13.5 Å². The van der Waals surface area contributed by atoms with Gasteiger partial charge in [-0.15, -0.1) is 0 Å². The quantitative estimate of drug-likeness (QED) is 0.795. The maximum Gasteiger partial charge on any atom is 0.150 e. The van der Waals surface area contributed by atoms with Gasteiger partial charge in [0.15, 0.2) is 0 Å². The highest BCUT2D eigenvalue weighted by Crippen LogP contribution is 2.25. The fraction of sp³-hybridized carbons (Fsp3) is 0.214. The molecule has 0 N–H and O–H groups in total. The number of furan rings is 1. The fourth-order valence-electron chi connectivity index (χ4n) is 1.90. The lowest BCUT2D eigenvalue weighted by Crippen LogP contribution is -2.19. The minimum atomic E-state index is -0.770. The molecule has 1 aromatic carbocycles. The zero-order valence-electron chi connectivity index (χ0n) is 10.6. The summed E-state index contributed by atoms with van der Waals surface area (Å²) in [7, 11) is 1.56. The van der Waals surface area contributed by atoms with E-state index in [0.29, 0.717) is 12.0 Å². The number of aryl methyl sites for hydroxylation is 1. The van der Waals surface area contributed by atoms with E-state index in [0.717, 1.165) is 17.9 Å². The molecule has 0 unspecified atom stereocenters. The average molecular weight is 265 g/mol. The van der Waals surface area contributed by atoms with Gasteiger partial charge in [0.2, 0.25) is 0 Å².